The van der Waals surface area contributed by atoms with Gasteiger partial charge in [-0.3, -0.25) is 4.79 Å². The fourth-order valence-corrected chi connectivity index (χ4v) is 2.87. The van der Waals surface area contributed by atoms with Gasteiger partial charge in [0.1, 0.15) is 5.82 Å². The summed E-state index contributed by atoms with van der Waals surface area (Å²) in [7, 11) is 0. The lowest BCUT2D eigenvalue weighted by Crippen LogP contribution is -2.44. The van der Waals surface area contributed by atoms with Gasteiger partial charge in [0.25, 0.3) is 5.91 Å². The van der Waals surface area contributed by atoms with Crippen molar-refractivity contribution in [2.75, 3.05) is 13.1 Å². The van der Waals surface area contributed by atoms with Gasteiger partial charge in [0.05, 0.1) is 0 Å². The number of hydrogen-bond acceptors (Lipinski definition) is 2. The Kier molecular flexibility index (Phi) is 4.57. The average molecular weight is 334 g/mol. The van der Waals surface area contributed by atoms with Crippen LogP contribution in [0.2, 0.25) is 0 Å². The topological polar surface area (TPSA) is 41.1 Å². The summed E-state index contributed by atoms with van der Waals surface area (Å²) in [5.41, 5.74) is 1.63. The lowest BCUT2D eigenvalue weighted by atomic mass is 9.94. The van der Waals surface area contributed by atoms with Crippen LogP contribution in [0.1, 0.15) is 22.7 Å². The van der Waals surface area contributed by atoms with Crippen LogP contribution < -0.4 is 10.6 Å². The van der Waals surface area contributed by atoms with Crippen LogP contribution in [0.5, 0.6) is 0 Å². The van der Waals surface area contributed by atoms with Crippen LogP contribution in [-0.4, -0.2) is 19.0 Å². The normalized spacial score (nSPS) is 17.2. The molecule has 1 unspecified atom stereocenters. The monoisotopic (exact) mass is 334 g/mol. The van der Waals surface area contributed by atoms with Gasteiger partial charge in [-0.05, 0) is 48.4 Å². The molecule has 0 spiro atoms. The molecular weight excluding hydrogens is 317 g/mol. The fourth-order valence-electron chi connectivity index (χ4n) is 2.87. The molecule has 6 heteroatoms. The van der Waals surface area contributed by atoms with Crippen molar-refractivity contribution in [2.45, 2.75) is 18.4 Å². The van der Waals surface area contributed by atoms with E-state index in [0.717, 1.165) is 48.4 Å². The molecule has 3 rings (SSSR count). The summed E-state index contributed by atoms with van der Waals surface area (Å²) in [6.07, 6.45) is 0.867. The fraction of sp³-hybridized carbons (Fsp3) is 0.278. The van der Waals surface area contributed by atoms with Gasteiger partial charge in [-0.1, -0.05) is 24.3 Å². The molecule has 126 valence electrons. The average Bonchev–Trinajstić information content (AvgIpc) is 2.60. The van der Waals surface area contributed by atoms with Crippen LogP contribution in [0.4, 0.5) is 13.2 Å². The van der Waals surface area contributed by atoms with E-state index >= 15 is 0 Å². The van der Waals surface area contributed by atoms with Crippen molar-refractivity contribution < 1.29 is 18.0 Å². The van der Waals surface area contributed by atoms with Crippen molar-refractivity contribution in [2.24, 2.45) is 0 Å². The summed E-state index contributed by atoms with van der Waals surface area (Å²) in [4.78, 5) is 11.9. The summed E-state index contributed by atoms with van der Waals surface area (Å²) in [5.74, 6) is -5.72. The van der Waals surface area contributed by atoms with E-state index in [-0.39, 0.29) is 12.6 Å². The van der Waals surface area contributed by atoms with Gasteiger partial charge in [-0.2, -0.15) is 8.78 Å². The van der Waals surface area contributed by atoms with Crippen LogP contribution in [0.25, 0.3) is 0 Å². The number of alkyl halides is 2. The molecule has 0 aliphatic carbocycles. The number of carbonyl (C=O) groups excluding carboxylic acids is 1. The lowest BCUT2D eigenvalue weighted by molar-refractivity contribution is -0.147. The Bertz CT molecular complexity index is 731. The minimum atomic E-state index is -3.71. The van der Waals surface area contributed by atoms with E-state index in [1.165, 1.54) is 0 Å². The Labute approximate surface area is 137 Å². The predicted octanol–water partition coefficient (Wildman–Crippen LogP) is 2.92. The molecule has 1 aliphatic heterocycles. The smallest absolute Gasteiger partial charge is 0.349 e. The standard InChI is InChI=1S/C18H17F3N2O/c19-14-7-5-13(6-8-14)18(20,21)17(24)23-11-16-15-4-2-1-3-12(15)9-10-22-16/h1-8,16,22H,9-11H2,(H,23,24). The second-order valence-corrected chi connectivity index (χ2v) is 5.75. The third-order valence-electron chi connectivity index (χ3n) is 4.17. The number of fused-ring (bicyclic) bond motifs is 1. The number of benzene rings is 2. The maximum Gasteiger partial charge on any atom is 0.349 e. The highest BCUT2D eigenvalue weighted by atomic mass is 19.3. The van der Waals surface area contributed by atoms with E-state index in [0.29, 0.717) is 0 Å². The Hall–Kier alpha value is -2.34. The Balaban J connectivity index is 1.68. The molecule has 0 saturated heterocycles. The zero-order chi connectivity index (χ0) is 17.2. The molecule has 1 heterocycles. The van der Waals surface area contributed by atoms with Crippen LogP contribution in [0.15, 0.2) is 48.5 Å². The molecule has 3 nitrogen and oxygen atoms in total. The van der Waals surface area contributed by atoms with Crippen molar-refractivity contribution in [3.63, 3.8) is 0 Å². The van der Waals surface area contributed by atoms with E-state index in [2.05, 4.69) is 10.6 Å². The molecule has 24 heavy (non-hydrogen) atoms. The maximum atomic E-state index is 14.2. The first kappa shape index (κ1) is 16.5. The summed E-state index contributed by atoms with van der Waals surface area (Å²) in [6, 6.07) is 11.2. The van der Waals surface area contributed by atoms with E-state index < -0.39 is 23.2 Å². The van der Waals surface area contributed by atoms with Crippen LogP contribution in [0.3, 0.4) is 0 Å². The number of nitrogens with one attached hydrogen (secondary N) is 2. The molecule has 2 aromatic rings. The van der Waals surface area contributed by atoms with E-state index in [1.807, 2.05) is 24.3 Å². The molecule has 1 amide bonds. The van der Waals surface area contributed by atoms with Crippen LogP contribution in [0, 0.1) is 5.82 Å². The van der Waals surface area contributed by atoms with Gasteiger partial charge < -0.3 is 10.6 Å². The molecule has 0 saturated carbocycles. The minimum Gasteiger partial charge on any atom is -0.349 e. The van der Waals surface area contributed by atoms with Crippen molar-refractivity contribution in [1.29, 1.82) is 0 Å². The SMILES string of the molecule is O=C(NCC1NCCc2ccccc21)C(F)(F)c1ccc(F)cc1. The number of hydrogen-bond donors (Lipinski definition) is 2. The zero-order valence-electron chi connectivity index (χ0n) is 12.9. The van der Waals surface area contributed by atoms with Crippen LogP contribution >= 0.6 is 0 Å². The number of carbonyl (C=O) groups is 1. The molecule has 0 aromatic heterocycles. The zero-order valence-corrected chi connectivity index (χ0v) is 12.9. The summed E-state index contributed by atoms with van der Waals surface area (Å²) >= 11 is 0. The highest BCUT2D eigenvalue weighted by Gasteiger charge is 2.41. The Morgan fingerprint density at radius 1 is 1.17 bits per heavy atom. The maximum absolute atomic E-state index is 14.2. The lowest BCUT2D eigenvalue weighted by Gasteiger charge is -2.27. The highest BCUT2D eigenvalue weighted by molar-refractivity contribution is 5.84. The van der Waals surface area contributed by atoms with Gasteiger partial charge >= 0.3 is 5.92 Å². The van der Waals surface area contributed by atoms with Gasteiger partial charge in [0.15, 0.2) is 0 Å². The van der Waals surface area contributed by atoms with Gasteiger partial charge in [0.2, 0.25) is 0 Å². The molecule has 1 aliphatic rings. The predicted molar refractivity (Wildman–Crippen MR) is 84.2 cm³/mol. The van der Waals surface area contributed by atoms with Crippen molar-refractivity contribution in [3.05, 3.63) is 71.0 Å². The third-order valence-corrected chi connectivity index (χ3v) is 4.17. The Morgan fingerprint density at radius 2 is 1.88 bits per heavy atom. The van der Waals surface area contributed by atoms with Crippen LogP contribution in [-0.2, 0) is 17.1 Å². The molecule has 0 radical (unpaired) electrons. The van der Waals surface area contributed by atoms with Crippen molar-refractivity contribution in [1.82, 2.24) is 10.6 Å². The van der Waals surface area contributed by atoms with Crippen molar-refractivity contribution >= 4 is 5.91 Å². The first-order valence-corrected chi connectivity index (χ1v) is 7.72. The first-order valence-electron chi connectivity index (χ1n) is 7.72. The van der Waals surface area contributed by atoms with Gasteiger partial charge in [-0.25, -0.2) is 4.39 Å². The first-order chi connectivity index (χ1) is 11.5. The molecule has 2 N–H and O–H groups in total. The van der Waals surface area contributed by atoms with Gasteiger partial charge in [-0.15, -0.1) is 0 Å². The van der Waals surface area contributed by atoms with E-state index in [4.69, 9.17) is 0 Å². The Morgan fingerprint density at radius 3 is 2.62 bits per heavy atom. The molecule has 2 aromatic carbocycles. The highest BCUT2D eigenvalue weighted by Crippen LogP contribution is 2.29. The number of amides is 1. The largest absolute Gasteiger partial charge is 0.349 e. The number of rotatable bonds is 4. The summed E-state index contributed by atoms with van der Waals surface area (Å²) in [5, 5.41) is 5.52. The third kappa shape index (κ3) is 3.28. The van der Waals surface area contributed by atoms with E-state index in [1.54, 1.807) is 0 Å². The second kappa shape index (κ2) is 6.65. The molecule has 0 bridgehead atoms. The van der Waals surface area contributed by atoms with Gasteiger partial charge in [0, 0.05) is 18.2 Å². The number of halogens is 3. The molecular formula is C18H17F3N2O. The molecule has 1 atom stereocenters. The summed E-state index contributed by atoms with van der Waals surface area (Å²) < 4.78 is 41.2. The minimum absolute atomic E-state index is 0.0621. The second-order valence-electron chi connectivity index (χ2n) is 5.75. The van der Waals surface area contributed by atoms with Crippen molar-refractivity contribution in [3.8, 4) is 0 Å². The van der Waals surface area contributed by atoms with E-state index in [9.17, 15) is 18.0 Å². The quantitative estimate of drug-likeness (QED) is 0.903. The summed E-state index contributed by atoms with van der Waals surface area (Å²) in [6.45, 7) is 0.790. The molecule has 0 fully saturated rings.